The van der Waals surface area contributed by atoms with Gasteiger partial charge in [-0.15, -0.1) is 0 Å². The van der Waals surface area contributed by atoms with E-state index in [4.69, 9.17) is 10.8 Å². The average Bonchev–Trinajstić information content (AvgIpc) is 2.72. The Morgan fingerprint density at radius 2 is 2.33 bits per heavy atom. The molecule has 0 aliphatic carbocycles. The molecular weight excluding hydrogens is 234 g/mol. The van der Waals surface area contributed by atoms with Crippen molar-refractivity contribution in [3.63, 3.8) is 0 Å². The number of imidazole rings is 1. The molecule has 1 amide bonds. The van der Waals surface area contributed by atoms with Gasteiger partial charge in [0.15, 0.2) is 0 Å². The second-order valence-electron chi connectivity index (χ2n) is 4.53. The summed E-state index contributed by atoms with van der Waals surface area (Å²) < 4.78 is 1.95. The second-order valence-corrected chi connectivity index (χ2v) is 4.53. The number of carbonyl (C=O) groups is 1. The highest BCUT2D eigenvalue weighted by Crippen LogP contribution is 2.13. The number of aromatic nitrogens is 2. The van der Waals surface area contributed by atoms with Crippen molar-refractivity contribution in [3.8, 4) is 0 Å². The van der Waals surface area contributed by atoms with Crippen LogP contribution in [0.4, 0.5) is 0 Å². The normalized spacial score (nSPS) is 14.4. The lowest BCUT2D eigenvalue weighted by molar-refractivity contribution is -0.120. The molecule has 0 aliphatic rings. The van der Waals surface area contributed by atoms with Crippen LogP contribution in [0.1, 0.15) is 25.6 Å². The van der Waals surface area contributed by atoms with Crippen LogP contribution in [0, 0.1) is 5.92 Å². The van der Waals surface area contributed by atoms with Crippen molar-refractivity contribution in [1.29, 1.82) is 0 Å². The minimum Gasteiger partial charge on any atom is -0.396 e. The van der Waals surface area contributed by atoms with Gasteiger partial charge in [0.2, 0.25) is 5.91 Å². The number of aryl methyl sites for hydroxylation is 1. The van der Waals surface area contributed by atoms with Crippen LogP contribution in [-0.2, 0) is 17.8 Å². The van der Waals surface area contributed by atoms with Crippen LogP contribution in [0.5, 0.6) is 0 Å². The maximum atomic E-state index is 10.7. The lowest BCUT2D eigenvalue weighted by Crippen LogP contribution is -2.27. The maximum Gasteiger partial charge on any atom is 0.220 e. The summed E-state index contributed by atoms with van der Waals surface area (Å²) in [4.78, 5) is 15.0. The summed E-state index contributed by atoms with van der Waals surface area (Å²) in [6.07, 6.45) is 4.01. The van der Waals surface area contributed by atoms with E-state index in [-0.39, 0.29) is 18.9 Å². The van der Waals surface area contributed by atoms with Crippen LogP contribution in [0.3, 0.4) is 0 Å². The molecule has 6 nitrogen and oxygen atoms in total. The van der Waals surface area contributed by atoms with E-state index in [2.05, 4.69) is 4.98 Å². The predicted molar refractivity (Wildman–Crippen MR) is 66.6 cm³/mol. The van der Waals surface area contributed by atoms with Crippen LogP contribution < -0.4 is 5.73 Å². The van der Waals surface area contributed by atoms with Gasteiger partial charge in [0.1, 0.15) is 5.82 Å². The minimum absolute atomic E-state index is 0.0293. The van der Waals surface area contributed by atoms with Crippen LogP contribution >= 0.6 is 0 Å². The zero-order chi connectivity index (χ0) is 13.5. The van der Waals surface area contributed by atoms with Crippen molar-refractivity contribution in [2.24, 2.45) is 11.7 Å². The SMILES string of the molecule is C[C@H](Cc1nccn1CCCO)[C@@H](O)CC(N)=O. The van der Waals surface area contributed by atoms with Gasteiger partial charge < -0.3 is 20.5 Å². The number of aliphatic hydroxyl groups excluding tert-OH is 2. The minimum atomic E-state index is -0.745. The molecule has 1 aromatic rings. The highest BCUT2D eigenvalue weighted by molar-refractivity contribution is 5.74. The number of nitrogens with zero attached hydrogens (tertiary/aromatic N) is 2. The van der Waals surface area contributed by atoms with Crippen LogP contribution in [0.15, 0.2) is 12.4 Å². The number of carbonyl (C=O) groups excluding carboxylic acids is 1. The summed E-state index contributed by atoms with van der Waals surface area (Å²) in [7, 11) is 0. The van der Waals surface area contributed by atoms with Gasteiger partial charge in [-0.3, -0.25) is 4.79 Å². The average molecular weight is 255 g/mol. The first-order valence-electron chi connectivity index (χ1n) is 6.11. The predicted octanol–water partition coefficient (Wildman–Crippen LogP) is -0.320. The Bertz CT molecular complexity index is 378. The zero-order valence-corrected chi connectivity index (χ0v) is 10.6. The molecule has 0 bridgehead atoms. The molecule has 0 aliphatic heterocycles. The third-order valence-electron chi connectivity index (χ3n) is 2.93. The van der Waals surface area contributed by atoms with Gasteiger partial charge in [-0.2, -0.15) is 0 Å². The Morgan fingerprint density at radius 3 is 2.94 bits per heavy atom. The van der Waals surface area contributed by atoms with Crippen LogP contribution in [0.2, 0.25) is 0 Å². The molecule has 0 saturated carbocycles. The molecule has 2 atom stereocenters. The van der Waals surface area contributed by atoms with Gasteiger partial charge >= 0.3 is 0 Å². The van der Waals surface area contributed by atoms with E-state index >= 15 is 0 Å². The first-order valence-corrected chi connectivity index (χ1v) is 6.11. The number of hydrogen-bond acceptors (Lipinski definition) is 4. The number of aliphatic hydroxyl groups is 2. The Hall–Kier alpha value is -1.40. The summed E-state index contributed by atoms with van der Waals surface area (Å²) in [5.74, 6) is 0.255. The van der Waals surface area contributed by atoms with Gasteiger partial charge in [-0.05, 0) is 12.3 Å². The molecule has 0 fully saturated rings. The number of amides is 1. The van der Waals surface area contributed by atoms with E-state index < -0.39 is 12.0 Å². The molecular formula is C12H21N3O3. The fourth-order valence-electron chi connectivity index (χ4n) is 1.81. The van der Waals surface area contributed by atoms with Gasteiger partial charge in [0, 0.05) is 32.0 Å². The highest BCUT2D eigenvalue weighted by atomic mass is 16.3. The zero-order valence-electron chi connectivity index (χ0n) is 10.6. The summed E-state index contributed by atoms with van der Waals surface area (Å²) in [6.45, 7) is 2.70. The van der Waals surface area contributed by atoms with Gasteiger partial charge in [-0.25, -0.2) is 4.98 Å². The molecule has 18 heavy (non-hydrogen) atoms. The molecule has 4 N–H and O–H groups in total. The van der Waals surface area contributed by atoms with Crippen molar-refractivity contribution in [2.75, 3.05) is 6.61 Å². The van der Waals surface area contributed by atoms with E-state index in [1.807, 2.05) is 17.7 Å². The molecule has 0 unspecified atom stereocenters. The van der Waals surface area contributed by atoms with Gasteiger partial charge in [-0.1, -0.05) is 6.92 Å². The van der Waals surface area contributed by atoms with Gasteiger partial charge in [0.05, 0.1) is 12.5 Å². The summed E-state index contributed by atoms with van der Waals surface area (Å²) in [5, 5.41) is 18.6. The quantitative estimate of drug-likeness (QED) is 0.592. The fourth-order valence-corrected chi connectivity index (χ4v) is 1.81. The van der Waals surface area contributed by atoms with E-state index in [0.29, 0.717) is 19.4 Å². The largest absolute Gasteiger partial charge is 0.396 e. The Labute approximate surface area is 106 Å². The maximum absolute atomic E-state index is 10.7. The standard InChI is InChI=1S/C12H21N3O3/c1-9(10(17)8-11(13)18)7-12-14-3-5-15(12)4-2-6-16/h3,5,9-10,16-17H,2,4,6-8H2,1H3,(H2,13,18)/t9-,10+/m1/s1. The van der Waals surface area contributed by atoms with Crippen LogP contribution in [-0.4, -0.2) is 38.4 Å². The molecule has 6 heteroatoms. The third kappa shape index (κ3) is 4.46. The van der Waals surface area contributed by atoms with Crippen molar-refractivity contribution in [3.05, 3.63) is 18.2 Å². The third-order valence-corrected chi connectivity index (χ3v) is 2.93. The van der Waals surface area contributed by atoms with E-state index in [0.717, 1.165) is 5.82 Å². The summed E-state index contributed by atoms with van der Waals surface area (Å²) >= 11 is 0. The van der Waals surface area contributed by atoms with Crippen molar-refractivity contribution in [2.45, 2.75) is 38.8 Å². The van der Waals surface area contributed by atoms with E-state index in [1.165, 1.54) is 0 Å². The molecule has 1 heterocycles. The monoisotopic (exact) mass is 255 g/mol. The Kier molecular flexibility index (Phi) is 5.80. The topological polar surface area (TPSA) is 101 Å². The summed E-state index contributed by atoms with van der Waals surface area (Å²) in [5.41, 5.74) is 5.05. The van der Waals surface area contributed by atoms with Crippen molar-refractivity contribution >= 4 is 5.91 Å². The van der Waals surface area contributed by atoms with E-state index in [1.54, 1.807) is 6.20 Å². The number of nitrogens with two attached hydrogens (primary N) is 1. The molecule has 0 spiro atoms. The molecule has 1 aromatic heterocycles. The highest BCUT2D eigenvalue weighted by Gasteiger charge is 2.18. The number of primary amides is 1. The number of rotatable bonds is 8. The molecule has 0 saturated heterocycles. The molecule has 0 aromatic carbocycles. The Morgan fingerprint density at radius 1 is 1.61 bits per heavy atom. The molecule has 102 valence electrons. The van der Waals surface area contributed by atoms with Crippen molar-refractivity contribution < 1.29 is 15.0 Å². The van der Waals surface area contributed by atoms with Crippen LogP contribution in [0.25, 0.3) is 0 Å². The lowest BCUT2D eigenvalue weighted by Gasteiger charge is -2.17. The summed E-state index contributed by atoms with van der Waals surface area (Å²) in [6, 6.07) is 0. The molecule has 0 radical (unpaired) electrons. The van der Waals surface area contributed by atoms with Gasteiger partial charge in [0.25, 0.3) is 0 Å². The number of hydrogen-bond donors (Lipinski definition) is 3. The Balaban J connectivity index is 2.55. The second kappa shape index (κ2) is 7.13. The first kappa shape index (κ1) is 14.7. The van der Waals surface area contributed by atoms with Crippen molar-refractivity contribution in [1.82, 2.24) is 9.55 Å². The lowest BCUT2D eigenvalue weighted by atomic mass is 9.98. The smallest absolute Gasteiger partial charge is 0.220 e. The van der Waals surface area contributed by atoms with E-state index in [9.17, 15) is 9.90 Å². The molecule has 1 rings (SSSR count). The fraction of sp³-hybridized carbons (Fsp3) is 0.667. The first-order chi connectivity index (χ1) is 8.54.